The third kappa shape index (κ3) is 5.16. The molecule has 0 bridgehead atoms. The Labute approximate surface area is 213 Å². The lowest BCUT2D eigenvalue weighted by atomic mass is 10.1. The minimum absolute atomic E-state index is 0.153. The van der Waals surface area contributed by atoms with Crippen molar-refractivity contribution in [1.82, 2.24) is 24.5 Å². The summed E-state index contributed by atoms with van der Waals surface area (Å²) in [5.41, 5.74) is 1.55. The van der Waals surface area contributed by atoms with Gasteiger partial charge in [-0.15, -0.1) is 10.2 Å². The number of alkyl halides is 1. The van der Waals surface area contributed by atoms with Crippen LogP contribution in [-0.4, -0.2) is 61.5 Å². The predicted octanol–water partition coefficient (Wildman–Crippen LogP) is 4.93. The molecular formula is C27H27FN6O3. The maximum Gasteiger partial charge on any atom is 0.410 e. The van der Waals surface area contributed by atoms with Gasteiger partial charge in [-0.1, -0.05) is 18.2 Å². The van der Waals surface area contributed by atoms with Crippen LogP contribution >= 0.6 is 0 Å². The van der Waals surface area contributed by atoms with Crippen LogP contribution in [0.4, 0.5) is 9.18 Å². The number of benzene rings is 1. The molecule has 1 aliphatic heterocycles. The fourth-order valence-corrected chi connectivity index (χ4v) is 4.32. The third-order valence-corrected chi connectivity index (χ3v) is 6.14. The number of carbonyl (C=O) groups is 1. The van der Waals surface area contributed by atoms with E-state index in [0.29, 0.717) is 47.0 Å². The second-order valence-corrected chi connectivity index (χ2v) is 10.0. The number of carbonyl (C=O) groups excluding carboxylic acids is 1. The molecule has 37 heavy (non-hydrogen) atoms. The number of aromatic nitrogens is 4. The van der Waals surface area contributed by atoms with Gasteiger partial charge in [0.05, 0.1) is 5.56 Å². The minimum atomic E-state index is -1.25. The molecule has 2 atom stereocenters. The summed E-state index contributed by atoms with van der Waals surface area (Å²) in [6, 6.07) is 14.7. The molecule has 0 N–H and O–H groups in total. The molecule has 1 saturated heterocycles. The van der Waals surface area contributed by atoms with Crippen molar-refractivity contribution in [2.75, 3.05) is 13.1 Å². The second-order valence-electron chi connectivity index (χ2n) is 10.0. The molecule has 0 aliphatic carbocycles. The van der Waals surface area contributed by atoms with Crippen LogP contribution in [-0.2, 0) is 4.74 Å². The molecule has 1 aliphatic rings. The molecule has 1 aromatic carbocycles. The number of pyridine rings is 2. The number of nitriles is 1. The van der Waals surface area contributed by atoms with Crippen molar-refractivity contribution in [2.45, 2.75) is 51.5 Å². The standard InChI is InChI=1S/C27H27FN6O3/c1-27(2,3)37-26(35)33-13-11-19(28)21(12-14-33)36-22-6-4-5-18-8-9-20(30-24(18)22)25-32-31-23-10-7-17(15-29)16-34(23)25/h4-10,16,19,21H,11-14H2,1-3H3. The smallest absolute Gasteiger partial charge is 0.410 e. The Morgan fingerprint density at radius 3 is 2.70 bits per heavy atom. The van der Waals surface area contributed by atoms with Crippen LogP contribution in [0.5, 0.6) is 5.75 Å². The van der Waals surface area contributed by atoms with Crippen molar-refractivity contribution < 1.29 is 18.7 Å². The SMILES string of the molecule is CC(C)(C)OC(=O)N1CCC(F)C(Oc2cccc3ccc(-c4nnc5ccc(C#N)cn45)nc23)CC1. The molecule has 4 heterocycles. The maximum atomic E-state index is 15.1. The van der Waals surface area contributed by atoms with Gasteiger partial charge in [-0.25, -0.2) is 14.2 Å². The second kappa shape index (κ2) is 9.65. The van der Waals surface area contributed by atoms with E-state index in [2.05, 4.69) is 16.3 Å². The predicted molar refractivity (Wildman–Crippen MR) is 135 cm³/mol. The summed E-state index contributed by atoms with van der Waals surface area (Å²) in [5.74, 6) is 0.930. The van der Waals surface area contributed by atoms with Gasteiger partial charge in [0.25, 0.3) is 0 Å². The zero-order valence-electron chi connectivity index (χ0n) is 20.9. The molecule has 0 spiro atoms. The van der Waals surface area contributed by atoms with Gasteiger partial charge < -0.3 is 14.4 Å². The maximum absolute atomic E-state index is 15.1. The number of para-hydroxylation sites is 1. The van der Waals surface area contributed by atoms with E-state index in [4.69, 9.17) is 14.5 Å². The number of ether oxygens (including phenoxy) is 2. The molecule has 10 heteroatoms. The first-order chi connectivity index (χ1) is 17.7. The highest BCUT2D eigenvalue weighted by Crippen LogP contribution is 2.30. The molecule has 190 valence electrons. The van der Waals surface area contributed by atoms with Crippen LogP contribution in [0, 0.1) is 11.3 Å². The van der Waals surface area contributed by atoms with Gasteiger partial charge in [0.15, 0.2) is 11.5 Å². The molecule has 4 aromatic rings. The molecule has 1 fully saturated rings. The Kier molecular flexibility index (Phi) is 6.38. The van der Waals surface area contributed by atoms with E-state index in [-0.39, 0.29) is 13.0 Å². The molecule has 5 rings (SSSR count). The molecule has 3 aromatic heterocycles. The fourth-order valence-electron chi connectivity index (χ4n) is 4.32. The zero-order valence-corrected chi connectivity index (χ0v) is 20.9. The summed E-state index contributed by atoms with van der Waals surface area (Å²) in [4.78, 5) is 18.8. The minimum Gasteiger partial charge on any atom is -0.485 e. The van der Waals surface area contributed by atoms with Crippen molar-refractivity contribution in [3.63, 3.8) is 0 Å². The van der Waals surface area contributed by atoms with Crippen molar-refractivity contribution >= 4 is 22.6 Å². The summed E-state index contributed by atoms with van der Waals surface area (Å²) in [5, 5.41) is 18.5. The number of likely N-dealkylation sites (tertiary alicyclic amines) is 1. The molecule has 9 nitrogen and oxygen atoms in total. The summed E-state index contributed by atoms with van der Waals surface area (Å²) in [7, 11) is 0. The lowest BCUT2D eigenvalue weighted by Gasteiger charge is -2.26. The number of hydrogen-bond acceptors (Lipinski definition) is 7. The van der Waals surface area contributed by atoms with E-state index in [1.54, 1.807) is 49.6 Å². The number of halogens is 1. The van der Waals surface area contributed by atoms with E-state index in [1.807, 2.05) is 24.3 Å². The van der Waals surface area contributed by atoms with Gasteiger partial charge in [0.1, 0.15) is 40.9 Å². The Hall–Kier alpha value is -4.26. The lowest BCUT2D eigenvalue weighted by Crippen LogP contribution is -2.37. The first kappa shape index (κ1) is 24.4. The molecule has 1 amide bonds. The van der Waals surface area contributed by atoms with Crippen LogP contribution in [0.25, 0.3) is 28.1 Å². The topological polar surface area (TPSA) is 106 Å². The van der Waals surface area contributed by atoms with Crippen LogP contribution in [0.15, 0.2) is 48.7 Å². The van der Waals surface area contributed by atoms with Crippen molar-refractivity contribution in [2.24, 2.45) is 0 Å². The largest absolute Gasteiger partial charge is 0.485 e. The first-order valence-corrected chi connectivity index (χ1v) is 12.2. The van der Waals surface area contributed by atoms with Gasteiger partial charge in [0, 0.05) is 31.1 Å². The van der Waals surface area contributed by atoms with Gasteiger partial charge in [-0.05, 0) is 51.5 Å². The molecular weight excluding hydrogens is 475 g/mol. The van der Waals surface area contributed by atoms with Crippen LogP contribution in [0.2, 0.25) is 0 Å². The van der Waals surface area contributed by atoms with Gasteiger partial charge in [-0.2, -0.15) is 5.26 Å². The summed E-state index contributed by atoms with van der Waals surface area (Å²) >= 11 is 0. The third-order valence-electron chi connectivity index (χ3n) is 6.14. The Morgan fingerprint density at radius 1 is 1.11 bits per heavy atom. The van der Waals surface area contributed by atoms with Crippen molar-refractivity contribution in [1.29, 1.82) is 5.26 Å². The van der Waals surface area contributed by atoms with E-state index < -0.39 is 24.0 Å². The number of fused-ring (bicyclic) bond motifs is 2. The van der Waals surface area contributed by atoms with Gasteiger partial charge in [0.2, 0.25) is 0 Å². The fraction of sp³-hybridized carbons (Fsp3) is 0.370. The highest BCUT2D eigenvalue weighted by atomic mass is 19.1. The lowest BCUT2D eigenvalue weighted by molar-refractivity contribution is 0.0252. The molecule has 0 radical (unpaired) electrons. The van der Waals surface area contributed by atoms with Crippen LogP contribution in [0.3, 0.4) is 0 Å². The average Bonchev–Trinajstić information content (AvgIpc) is 3.20. The monoisotopic (exact) mass is 502 g/mol. The van der Waals surface area contributed by atoms with Crippen molar-refractivity contribution in [3.8, 4) is 23.3 Å². The van der Waals surface area contributed by atoms with Crippen LogP contribution in [0.1, 0.15) is 39.2 Å². The highest BCUT2D eigenvalue weighted by molar-refractivity contribution is 5.86. The molecule has 2 unspecified atom stereocenters. The highest BCUT2D eigenvalue weighted by Gasteiger charge is 2.32. The van der Waals surface area contributed by atoms with Gasteiger partial charge >= 0.3 is 6.09 Å². The zero-order chi connectivity index (χ0) is 26.2. The summed E-state index contributed by atoms with van der Waals surface area (Å²) in [6.07, 6.45) is -0.305. The average molecular weight is 503 g/mol. The van der Waals surface area contributed by atoms with Gasteiger partial charge in [-0.3, -0.25) is 4.40 Å². The number of amides is 1. The van der Waals surface area contributed by atoms with Crippen molar-refractivity contribution in [3.05, 3.63) is 54.2 Å². The first-order valence-electron chi connectivity index (χ1n) is 12.2. The Balaban J connectivity index is 1.42. The number of hydrogen-bond donors (Lipinski definition) is 0. The summed E-state index contributed by atoms with van der Waals surface area (Å²) < 4.78 is 28.5. The Bertz CT molecular complexity index is 1510. The number of rotatable bonds is 3. The van der Waals surface area contributed by atoms with Crippen LogP contribution < -0.4 is 4.74 Å². The number of nitrogens with zero attached hydrogens (tertiary/aromatic N) is 6. The quantitative estimate of drug-likeness (QED) is 0.391. The normalized spacial score (nSPS) is 18.4. The summed E-state index contributed by atoms with van der Waals surface area (Å²) in [6.45, 7) is 6.01. The molecule has 0 saturated carbocycles. The van der Waals surface area contributed by atoms with E-state index in [9.17, 15) is 10.1 Å². The van der Waals surface area contributed by atoms with E-state index in [0.717, 1.165) is 5.39 Å². The Morgan fingerprint density at radius 2 is 1.92 bits per heavy atom. The van der Waals surface area contributed by atoms with E-state index in [1.165, 1.54) is 4.90 Å². The van der Waals surface area contributed by atoms with E-state index >= 15 is 4.39 Å².